The zero-order valence-electron chi connectivity index (χ0n) is 5.44. The molecule has 2 nitrogen and oxygen atoms in total. The number of hydrogen-bond acceptors (Lipinski definition) is 2. The van der Waals surface area contributed by atoms with Crippen molar-refractivity contribution in [1.29, 1.82) is 0 Å². The molecular weight excluding hydrogens is 222 g/mol. The number of hydrogen-bond donors (Lipinski definition) is 0. The molecule has 62 valence electrons. The number of halogens is 3. The molecule has 1 heterocycles. The van der Waals surface area contributed by atoms with Crippen molar-refractivity contribution >= 4 is 21.7 Å². The largest absolute Gasteiger partial charge is 0.500 e. The minimum Gasteiger partial charge on any atom is -0.500 e. The Morgan fingerprint density at radius 3 is 2.73 bits per heavy atom. The van der Waals surface area contributed by atoms with Crippen LogP contribution in [0.15, 0.2) is 11.8 Å². The van der Waals surface area contributed by atoms with E-state index in [4.69, 9.17) is 0 Å². The quantitative estimate of drug-likeness (QED) is 0.673. The minimum atomic E-state index is -3.45. The number of rotatable bonds is 2. The summed E-state index contributed by atoms with van der Waals surface area (Å²) in [5, 5.41) is 0. The third-order valence-corrected chi connectivity index (χ3v) is 1.62. The number of Topliss-reactive ketones (excluding diaryl/α,β-unsaturated/α-hetero) is 1. The third-order valence-electron chi connectivity index (χ3n) is 1.26. The van der Waals surface area contributed by atoms with E-state index in [1.54, 1.807) is 0 Å². The first-order valence-corrected chi connectivity index (χ1v) is 3.73. The van der Waals surface area contributed by atoms with Crippen molar-refractivity contribution < 1.29 is 18.3 Å². The normalized spacial score (nSPS) is 17.5. The van der Waals surface area contributed by atoms with Gasteiger partial charge in [0.05, 0.1) is 12.9 Å². The Balaban J connectivity index is 2.68. The molecule has 0 saturated heterocycles. The number of carbonyl (C=O) groups is 1. The number of ether oxygens (including phenoxy) is 1. The summed E-state index contributed by atoms with van der Waals surface area (Å²) in [5.41, 5.74) is 0.0341. The van der Waals surface area contributed by atoms with Gasteiger partial charge in [0.1, 0.15) is 0 Å². The zero-order valence-corrected chi connectivity index (χ0v) is 7.03. The number of alkyl halides is 3. The van der Waals surface area contributed by atoms with Gasteiger partial charge in [0.15, 0.2) is 0 Å². The molecule has 0 saturated carbocycles. The summed E-state index contributed by atoms with van der Waals surface area (Å²) in [4.78, 5) is 7.27. The summed E-state index contributed by atoms with van der Waals surface area (Å²) >= 11 is 1.97. The lowest BCUT2D eigenvalue weighted by molar-refractivity contribution is -0.127. The van der Waals surface area contributed by atoms with E-state index >= 15 is 0 Å². The molecule has 0 fully saturated rings. The summed E-state index contributed by atoms with van der Waals surface area (Å²) in [6, 6.07) is 0. The molecule has 11 heavy (non-hydrogen) atoms. The summed E-state index contributed by atoms with van der Waals surface area (Å²) in [6.45, 7) is 0.310. The van der Waals surface area contributed by atoms with Crippen LogP contribution < -0.4 is 0 Å². The van der Waals surface area contributed by atoms with E-state index in [2.05, 4.69) is 4.74 Å². The highest BCUT2D eigenvalue weighted by Crippen LogP contribution is 2.28. The van der Waals surface area contributed by atoms with E-state index in [1.165, 1.54) is 0 Å². The molecule has 0 aromatic heterocycles. The fourth-order valence-corrected chi connectivity index (χ4v) is 0.991. The van der Waals surface area contributed by atoms with Crippen LogP contribution in [-0.2, 0) is 9.53 Å². The first-order valence-electron chi connectivity index (χ1n) is 2.94. The topological polar surface area (TPSA) is 26.3 Å². The Labute approximate surface area is 70.3 Å². The Bertz CT molecular complexity index is 207. The second-order valence-corrected chi connectivity index (χ2v) is 3.09. The Hall–Kier alpha value is -0.450. The molecule has 1 rings (SSSR count). The van der Waals surface area contributed by atoms with Crippen molar-refractivity contribution in [3.8, 4) is 0 Å². The lowest BCUT2D eigenvalue weighted by Gasteiger charge is -2.04. The van der Waals surface area contributed by atoms with Gasteiger partial charge in [0, 0.05) is 12.0 Å². The van der Waals surface area contributed by atoms with Crippen LogP contribution in [0.1, 0.15) is 6.42 Å². The van der Waals surface area contributed by atoms with Crippen LogP contribution in [0.25, 0.3) is 0 Å². The maximum atomic E-state index is 12.2. The summed E-state index contributed by atoms with van der Waals surface area (Å²) < 4.78 is 29.1. The molecule has 0 spiro atoms. The number of ketones is 1. The van der Waals surface area contributed by atoms with Crippen molar-refractivity contribution in [3.63, 3.8) is 0 Å². The first kappa shape index (κ1) is 8.64. The predicted octanol–water partition coefficient (Wildman–Crippen LogP) is 1.85. The predicted molar refractivity (Wildman–Crippen MR) is 37.5 cm³/mol. The minimum absolute atomic E-state index is 0.0341. The van der Waals surface area contributed by atoms with Crippen LogP contribution in [0.4, 0.5) is 8.78 Å². The van der Waals surface area contributed by atoms with E-state index in [9.17, 15) is 13.6 Å². The fraction of sp³-hybridized carbons (Fsp3) is 0.500. The fourth-order valence-electron chi connectivity index (χ4n) is 0.736. The highest BCUT2D eigenvalue weighted by Gasteiger charge is 2.38. The van der Waals surface area contributed by atoms with Gasteiger partial charge < -0.3 is 4.74 Å². The maximum Gasteiger partial charge on any atom is 0.362 e. The van der Waals surface area contributed by atoms with E-state index < -0.39 is 10.6 Å². The lowest BCUT2D eigenvalue weighted by Crippen LogP contribution is -2.22. The molecule has 0 radical (unpaired) electrons. The first-order chi connectivity index (χ1) is 5.02. The van der Waals surface area contributed by atoms with Crippen LogP contribution in [0, 0.1) is 0 Å². The van der Waals surface area contributed by atoms with Crippen LogP contribution in [0.3, 0.4) is 0 Å². The van der Waals surface area contributed by atoms with Crippen molar-refractivity contribution in [2.45, 2.75) is 11.3 Å². The number of carbonyl (C=O) groups excluding carboxylic acids is 1. The molecule has 0 aromatic rings. The molecule has 1 aliphatic rings. The van der Waals surface area contributed by atoms with Crippen molar-refractivity contribution in [3.05, 3.63) is 11.8 Å². The smallest absolute Gasteiger partial charge is 0.362 e. The van der Waals surface area contributed by atoms with Crippen molar-refractivity contribution in [2.75, 3.05) is 6.61 Å². The third kappa shape index (κ3) is 1.99. The van der Waals surface area contributed by atoms with Gasteiger partial charge in [-0.1, -0.05) is 0 Å². The Kier molecular flexibility index (Phi) is 2.27. The van der Waals surface area contributed by atoms with Crippen molar-refractivity contribution in [1.82, 2.24) is 0 Å². The summed E-state index contributed by atoms with van der Waals surface area (Å²) in [7, 11) is 0. The van der Waals surface area contributed by atoms with Crippen LogP contribution in [0.5, 0.6) is 0 Å². The van der Waals surface area contributed by atoms with E-state index in [1.807, 2.05) is 15.9 Å². The highest BCUT2D eigenvalue weighted by atomic mass is 79.9. The van der Waals surface area contributed by atoms with Crippen LogP contribution in [0.2, 0.25) is 0 Å². The van der Waals surface area contributed by atoms with E-state index in [0.29, 0.717) is 6.61 Å². The van der Waals surface area contributed by atoms with Crippen LogP contribution in [-0.4, -0.2) is 17.2 Å². The molecule has 0 N–H and O–H groups in total. The van der Waals surface area contributed by atoms with Gasteiger partial charge in [-0.3, -0.25) is 4.79 Å². The Morgan fingerprint density at radius 1 is 1.73 bits per heavy atom. The van der Waals surface area contributed by atoms with Gasteiger partial charge in [-0.2, -0.15) is 8.78 Å². The second kappa shape index (κ2) is 2.89. The van der Waals surface area contributed by atoms with Gasteiger partial charge in [-0.05, 0) is 15.9 Å². The molecule has 0 amide bonds. The average molecular weight is 227 g/mol. The average Bonchev–Trinajstić information content (AvgIpc) is 2.34. The van der Waals surface area contributed by atoms with Gasteiger partial charge in [0.2, 0.25) is 5.78 Å². The van der Waals surface area contributed by atoms with E-state index in [-0.39, 0.29) is 12.0 Å². The monoisotopic (exact) mass is 226 g/mol. The molecule has 0 unspecified atom stereocenters. The molecule has 1 aliphatic heterocycles. The summed E-state index contributed by atoms with van der Waals surface area (Å²) in [6.07, 6.45) is 1.34. The molecule has 0 bridgehead atoms. The van der Waals surface area contributed by atoms with E-state index in [0.717, 1.165) is 6.26 Å². The summed E-state index contributed by atoms with van der Waals surface area (Å²) in [5.74, 6) is -1.21. The van der Waals surface area contributed by atoms with Crippen molar-refractivity contribution in [2.24, 2.45) is 0 Å². The molecule has 0 aromatic carbocycles. The van der Waals surface area contributed by atoms with Gasteiger partial charge in [-0.15, -0.1) is 0 Å². The standard InChI is InChI=1S/C6H5BrF2O2/c7-6(8,9)5(10)4-1-2-11-3-4/h3H,1-2H2. The maximum absolute atomic E-state index is 12.2. The van der Waals surface area contributed by atoms with Gasteiger partial charge >= 0.3 is 4.83 Å². The highest BCUT2D eigenvalue weighted by molar-refractivity contribution is 9.10. The Morgan fingerprint density at radius 2 is 2.36 bits per heavy atom. The SMILES string of the molecule is O=C(C1=COCC1)C(F)(F)Br. The molecule has 0 atom stereocenters. The van der Waals surface area contributed by atoms with Gasteiger partial charge in [-0.25, -0.2) is 0 Å². The molecular formula is C6H5BrF2O2. The second-order valence-electron chi connectivity index (χ2n) is 2.09. The van der Waals surface area contributed by atoms with Crippen LogP contribution >= 0.6 is 15.9 Å². The molecule has 5 heteroatoms. The van der Waals surface area contributed by atoms with Gasteiger partial charge in [0.25, 0.3) is 0 Å². The molecule has 0 aliphatic carbocycles. The lowest BCUT2D eigenvalue weighted by atomic mass is 10.1. The zero-order chi connectivity index (χ0) is 8.48.